The van der Waals surface area contributed by atoms with Crippen molar-refractivity contribution in [2.45, 2.75) is 46.1 Å². The standard InChI is InChI=1S/C12H24N2O3/c1-9(2)7-6-8-13-11(17)14(5)12(3,4)10(15)16/h9H,6-8H2,1-5H3,(H,13,17)(H,15,16). The van der Waals surface area contributed by atoms with Crippen molar-refractivity contribution in [2.75, 3.05) is 13.6 Å². The van der Waals surface area contributed by atoms with Gasteiger partial charge in [-0.2, -0.15) is 0 Å². The van der Waals surface area contributed by atoms with E-state index in [0.717, 1.165) is 12.8 Å². The van der Waals surface area contributed by atoms with E-state index in [4.69, 9.17) is 5.11 Å². The third kappa shape index (κ3) is 5.06. The molecule has 0 spiro atoms. The molecule has 0 aromatic rings. The maximum Gasteiger partial charge on any atom is 0.329 e. The number of likely N-dealkylation sites (N-methyl/N-ethyl adjacent to an activating group) is 1. The van der Waals surface area contributed by atoms with Crippen LogP contribution in [0.2, 0.25) is 0 Å². The Labute approximate surface area is 103 Å². The minimum absolute atomic E-state index is 0.346. The van der Waals surface area contributed by atoms with Crippen molar-refractivity contribution in [3.63, 3.8) is 0 Å². The number of amides is 2. The number of rotatable bonds is 6. The average molecular weight is 244 g/mol. The molecule has 0 aliphatic rings. The summed E-state index contributed by atoms with van der Waals surface area (Å²) in [6.07, 6.45) is 1.96. The van der Waals surface area contributed by atoms with E-state index in [-0.39, 0.29) is 6.03 Å². The molecule has 0 saturated heterocycles. The fourth-order valence-corrected chi connectivity index (χ4v) is 1.22. The number of urea groups is 1. The topological polar surface area (TPSA) is 69.6 Å². The number of carboxylic acid groups (broad SMARTS) is 1. The molecule has 5 nitrogen and oxygen atoms in total. The van der Waals surface area contributed by atoms with E-state index in [0.29, 0.717) is 12.5 Å². The highest BCUT2D eigenvalue weighted by molar-refractivity contribution is 5.85. The molecule has 0 rings (SSSR count). The molecule has 0 radical (unpaired) electrons. The van der Waals surface area contributed by atoms with Gasteiger partial charge >= 0.3 is 12.0 Å². The summed E-state index contributed by atoms with van der Waals surface area (Å²) in [6, 6.07) is -0.346. The predicted molar refractivity (Wildman–Crippen MR) is 66.9 cm³/mol. The first-order valence-electron chi connectivity index (χ1n) is 5.94. The van der Waals surface area contributed by atoms with Crippen molar-refractivity contribution >= 4 is 12.0 Å². The van der Waals surface area contributed by atoms with Crippen molar-refractivity contribution in [3.05, 3.63) is 0 Å². The summed E-state index contributed by atoms with van der Waals surface area (Å²) in [5.74, 6) is -0.405. The number of carbonyl (C=O) groups is 2. The quantitative estimate of drug-likeness (QED) is 0.701. The Balaban J connectivity index is 4.11. The van der Waals surface area contributed by atoms with Gasteiger partial charge in [0.1, 0.15) is 5.54 Å². The maximum absolute atomic E-state index is 11.7. The molecule has 0 aliphatic carbocycles. The second kappa shape index (κ2) is 6.47. The molecule has 0 fully saturated rings. The van der Waals surface area contributed by atoms with Crippen LogP contribution in [0.3, 0.4) is 0 Å². The summed E-state index contributed by atoms with van der Waals surface area (Å²) < 4.78 is 0. The summed E-state index contributed by atoms with van der Waals surface area (Å²) >= 11 is 0. The molecule has 0 atom stereocenters. The van der Waals surface area contributed by atoms with Crippen LogP contribution in [0.15, 0.2) is 0 Å². The number of aliphatic carboxylic acids is 1. The van der Waals surface area contributed by atoms with Crippen LogP contribution < -0.4 is 5.32 Å². The van der Waals surface area contributed by atoms with Crippen molar-refractivity contribution < 1.29 is 14.7 Å². The third-order valence-electron chi connectivity index (χ3n) is 2.90. The summed E-state index contributed by atoms with van der Waals surface area (Å²) in [5.41, 5.74) is -1.19. The highest BCUT2D eigenvalue weighted by Gasteiger charge is 2.34. The van der Waals surface area contributed by atoms with Crippen molar-refractivity contribution in [1.82, 2.24) is 10.2 Å². The molecule has 17 heavy (non-hydrogen) atoms. The summed E-state index contributed by atoms with van der Waals surface area (Å²) in [5, 5.41) is 11.7. The number of nitrogens with zero attached hydrogens (tertiary/aromatic N) is 1. The molecule has 2 amide bonds. The largest absolute Gasteiger partial charge is 0.480 e. The lowest BCUT2D eigenvalue weighted by Gasteiger charge is -2.31. The molecule has 0 aliphatic heterocycles. The number of nitrogens with one attached hydrogen (secondary N) is 1. The van der Waals surface area contributed by atoms with E-state index in [1.807, 2.05) is 0 Å². The molecule has 100 valence electrons. The average Bonchev–Trinajstić information content (AvgIpc) is 2.22. The Morgan fingerprint density at radius 1 is 1.35 bits per heavy atom. The van der Waals surface area contributed by atoms with E-state index < -0.39 is 11.5 Å². The molecular weight excluding hydrogens is 220 g/mol. The second-order valence-electron chi connectivity index (χ2n) is 5.19. The van der Waals surface area contributed by atoms with Crippen LogP contribution in [0, 0.1) is 5.92 Å². The van der Waals surface area contributed by atoms with Gasteiger partial charge in [0.05, 0.1) is 0 Å². The van der Waals surface area contributed by atoms with Gasteiger partial charge in [-0.25, -0.2) is 9.59 Å². The zero-order valence-electron chi connectivity index (χ0n) is 11.4. The van der Waals surface area contributed by atoms with Crippen LogP contribution in [-0.2, 0) is 4.79 Å². The highest BCUT2D eigenvalue weighted by Crippen LogP contribution is 2.12. The molecule has 2 N–H and O–H groups in total. The molecule has 0 aromatic heterocycles. The fourth-order valence-electron chi connectivity index (χ4n) is 1.22. The van der Waals surface area contributed by atoms with Gasteiger partial charge in [-0.3, -0.25) is 0 Å². The van der Waals surface area contributed by atoms with Crippen molar-refractivity contribution in [3.8, 4) is 0 Å². The van der Waals surface area contributed by atoms with E-state index in [9.17, 15) is 9.59 Å². The van der Waals surface area contributed by atoms with Gasteiger partial charge in [-0.1, -0.05) is 13.8 Å². The smallest absolute Gasteiger partial charge is 0.329 e. The molecule has 0 unspecified atom stereocenters. The number of carbonyl (C=O) groups excluding carboxylic acids is 1. The third-order valence-corrected chi connectivity index (χ3v) is 2.90. The molecule has 0 heterocycles. The number of carboxylic acids is 1. The van der Waals surface area contributed by atoms with Gasteiger partial charge in [-0.15, -0.1) is 0 Å². The first-order chi connectivity index (χ1) is 7.69. The molecule has 0 aromatic carbocycles. The van der Waals surface area contributed by atoms with Gasteiger partial charge in [0.15, 0.2) is 0 Å². The SMILES string of the molecule is CC(C)CCCNC(=O)N(C)C(C)(C)C(=O)O. The fraction of sp³-hybridized carbons (Fsp3) is 0.833. The first kappa shape index (κ1) is 15.7. The lowest BCUT2D eigenvalue weighted by molar-refractivity contribution is -0.146. The van der Waals surface area contributed by atoms with Crippen molar-refractivity contribution in [2.24, 2.45) is 5.92 Å². The van der Waals surface area contributed by atoms with E-state index in [2.05, 4.69) is 19.2 Å². The van der Waals surface area contributed by atoms with Gasteiger partial charge < -0.3 is 15.3 Å². The van der Waals surface area contributed by atoms with E-state index in [1.54, 1.807) is 0 Å². The van der Waals surface area contributed by atoms with Gasteiger partial charge in [0.25, 0.3) is 0 Å². The molecule has 0 saturated carbocycles. The molecule has 0 bridgehead atoms. The normalized spacial score (nSPS) is 11.4. The van der Waals surface area contributed by atoms with Gasteiger partial charge in [0.2, 0.25) is 0 Å². The zero-order chi connectivity index (χ0) is 13.6. The minimum Gasteiger partial charge on any atom is -0.480 e. The Kier molecular flexibility index (Phi) is 5.99. The summed E-state index contributed by atoms with van der Waals surface area (Å²) in [7, 11) is 1.49. The van der Waals surface area contributed by atoms with Crippen LogP contribution in [0.1, 0.15) is 40.5 Å². The molecular formula is C12H24N2O3. The highest BCUT2D eigenvalue weighted by atomic mass is 16.4. The maximum atomic E-state index is 11.7. The Morgan fingerprint density at radius 2 is 1.88 bits per heavy atom. The summed E-state index contributed by atoms with van der Waals surface area (Å²) in [4.78, 5) is 23.9. The van der Waals surface area contributed by atoms with Gasteiger partial charge in [0, 0.05) is 13.6 Å². The number of hydrogen-bond acceptors (Lipinski definition) is 2. The van der Waals surface area contributed by atoms with Crippen LogP contribution >= 0.6 is 0 Å². The van der Waals surface area contributed by atoms with Crippen LogP contribution in [0.5, 0.6) is 0 Å². The molecule has 5 heteroatoms. The lowest BCUT2D eigenvalue weighted by Crippen LogP contribution is -2.54. The van der Waals surface area contributed by atoms with Crippen LogP contribution in [-0.4, -0.2) is 41.1 Å². The van der Waals surface area contributed by atoms with Gasteiger partial charge in [-0.05, 0) is 32.6 Å². The van der Waals surface area contributed by atoms with Crippen LogP contribution in [0.4, 0.5) is 4.79 Å². The Morgan fingerprint density at radius 3 is 2.29 bits per heavy atom. The van der Waals surface area contributed by atoms with E-state index in [1.165, 1.54) is 25.8 Å². The van der Waals surface area contributed by atoms with E-state index >= 15 is 0 Å². The zero-order valence-corrected chi connectivity index (χ0v) is 11.4. The Bertz CT molecular complexity index is 275. The second-order valence-corrected chi connectivity index (χ2v) is 5.19. The van der Waals surface area contributed by atoms with Crippen LogP contribution in [0.25, 0.3) is 0 Å². The number of hydrogen-bond donors (Lipinski definition) is 2. The summed E-state index contributed by atoms with van der Waals surface area (Å²) in [6.45, 7) is 7.84. The predicted octanol–water partition coefficient (Wildman–Crippen LogP) is 1.93. The minimum atomic E-state index is -1.19. The Hall–Kier alpha value is -1.26. The monoisotopic (exact) mass is 244 g/mol. The lowest BCUT2D eigenvalue weighted by atomic mass is 10.0. The first-order valence-corrected chi connectivity index (χ1v) is 5.94. The van der Waals surface area contributed by atoms with Crippen molar-refractivity contribution in [1.29, 1.82) is 0 Å².